The Hall–Kier alpha value is -2.10. The topological polar surface area (TPSA) is 52.6 Å². The Balaban J connectivity index is 1.65. The van der Waals surface area contributed by atoms with Gasteiger partial charge < -0.3 is 10.2 Å². The summed E-state index contributed by atoms with van der Waals surface area (Å²) in [5.74, 6) is -1.76. The van der Waals surface area contributed by atoms with Crippen molar-refractivity contribution < 1.29 is 17.2 Å². The number of nitrogens with one attached hydrogen (secondary N) is 1. The number of hydrogen-bond acceptors (Lipinski definition) is 3. The molecule has 1 heterocycles. The number of piperazine rings is 1. The Morgan fingerprint density at radius 2 is 1.67 bits per heavy atom. The Bertz CT molecular complexity index is 942. The van der Waals surface area contributed by atoms with Gasteiger partial charge in [0.15, 0.2) is 5.11 Å². The normalized spacial score (nSPS) is 15.6. The standard InChI is InChI=1S/C18H19F2N3O2S2/c1-13-2-5-15(6-3-13)21-18(26)22-8-10-23(11-9-22)27(24,25)17-12-14(19)4-7-16(17)20/h2-7,12H,8-11H2,1H3,(H,21,26). The molecule has 1 aliphatic heterocycles. The van der Waals surface area contributed by atoms with Gasteiger partial charge >= 0.3 is 0 Å². The first-order valence-electron chi connectivity index (χ1n) is 8.35. The van der Waals surface area contributed by atoms with Gasteiger partial charge in [-0.2, -0.15) is 4.31 Å². The van der Waals surface area contributed by atoms with Gasteiger partial charge in [-0.25, -0.2) is 17.2 Å². The van der Waals surface area contributed by atoms with Crippen molar-refractivity contribution in [3.63, 3.8) is 0 Å². The highest BCUT2D eigenvalue weighted by Crippen LogP contribution is 2.22. The maximum atomic E-state index is 13.9. The Kier molecular flexibility index (Phi) is 5.73. The van der Waals surface area contributed by atoms with E-state index in [1.807, 2.05) is 36.1 Å². The summed E-state index contributed by atoms with van der Waals surface area (Å²) in [6.07, 6.45) is 0. The van der Waals surface area contributed by atoms with Gasteiger partial charge in [0, 0.05) is 31.9 Å². The number of anilines is 1. The number of sulfonamides is 1. The minimum Gasteiger partial charge on any atom is -0.346 e. The van der Waals surface area contributed by atoms with Crippen LogP contribution in [0.15, 0.2) is 47.4 Å². The van der Waals surface area contributed by atoms with Crippen LogP contribution < -0.4 is 5.32 Å². The molecule has 0 radical (unpaired) electrons. The zero-order chi connectivity index (χ0) is 19.6. The maximum absolute atomic E-state index is 13.9. The Morgan fingerprint density at radius 1 is 1.04 bits per heavy atom. The zero-order valence-corrected chi connectivity index (χ0v) is 16.3. The molecule has 5 nitrogen and oxygen atoms in total. The van der Waals surface area contributed by atoms with Crippen molar-refractivity contribution in [2.45, 2.75) is 11.8 Å². The number of rotatable bonds is 3. The number of benzene rings is 2. The molecule has 0 unspecified atom stereocenters. The summed E-state index contributed by atoms with van der Waals surface area (Å²) in [7, 11) is -4.10. The largest absolute Gasteiger partial charge is 0.346 e. The first-order chi connectivity index (χ1) is 12.8. The average Bonchev–Trinajstić information content (AvgIpc) is 2.65. The zero-order valence-electron chi connectivity index (χ0n) is 14.7. The molecule has 0 atom stereocenters. The van der Waals surface area contributed by atoms with E-state index in [0.29, 0.717) is 24.3 Å². The van der Waals surface area contributed by atoms with Crippen LogP contribution in [0.5, 0.6) is 0 Å². The maximum Gasteiger partial charge on any atom is 0.246 e. The van der Waals surface area contributed by atoms with Crippen molar-refractivity contribution in [3.8, 4) is 0 Å². The van der Waals surface area contributed by atoms with Crippen molar-refractivity contribution >= 4 is 33.0 Å². The van der Waals surface area contributed by atoms with Crippen LogP contribution in [-0.2, 0) is 10.0 Å². The predicted octanol–water partition coefficient (Wildman–Crippen LogP) is 2.98. The van der Waals surface area contributed by atoms with Crippen LogP contribution >= 0.6 is 12.2 Å². The second-order valence-corrected chi connectivity index (χ2v) is 8.56. The van der Waals surface area contributed by atoms with Crippen LogP contribution in [0, 0.1) is 18.6 Å². The summed E-state index contributed by atoms with van der Waals surface area (Å²) in [5, 5.41) is 3.61. The van der Waals surface area contributed by atoms with Crippen LogP contribution in [0.3, 0.4) is 0 Å². The molecule has 3 rings (SSSR count). The molecule has 1 N–H and O–H groups in total. The van der Waals surface area contributed by atoms with Gasteiger partial charge in [-0.1, -0.05) is 17.7 Å². The molecule has 0 aliphatic carbocycles. The molecule has 2 aromatic carbocycles. The molecule has 0 spiro atoms. The van der Waals surface area contributed by atoms with Gasteiger partial charge in [0.05, 0.1) is 0 Å². The van der Waals surface area contributed by atoms with Crippen molar-refractivity contribution in [1.29, 1.82) is 0 Å². The number of thiocarbonyl (C=S) groups is 1. The highest BCUT2D eigenvalue weighted by atomic mass is 32.2. The predicted molar refractivity (Wildman–Crippen MR) is 104 cm³/mol. The third kappa shape index (κ3) is 4.42. The number of aryl methyl sites for hydroxylation is 1. The fraction of sp³-hybridized carbons (Fsp3) is 0.278. The van der Waals surface area contributed by atoms with Crippen molar-refractivity contribution in [2.24, 2.45) is 0 Å². The van der Waals surface area contributed by atoms with E-state index in [0.717, 1.165) is 27.7 Å². The third-order valence-corrected chi connectivity index (χ3v) is 6.61. The summed E-state index contributed by atoms with van der Waals surface area (Å²) >= 11 is 5.39. The van der Waals surface area contributed by atoms with Gasteiger partial charge in [-0.3, -0.25) is 0 Å². The van der Waals surface area contributed by atoms with Crippen LogP contribution in [-0.4, -0.2) is 48.9 Å². The van der Waals surface area contributed by atoms with Crippen LogP contribution in [0.4, 0.5) is 14.5 Å². The fourth-order valence-corrected chi connectivity index (χ4v) is 4.58. The van der Waals surface area contributed by atoms with E-state index in [1.54, 1.807) is 0 Å². The first kappa shape index (κ1) is 19.7. The van der Waals surface area contributed by atoms with E-state index in [9.17, 15) is 17.2 Å². The van der Waals surface area contributed by atoms with Gasteiger partial charge in [0.2, 0.25) is 10.0 Å². The minimum atomic E-state index is -4.10. The molecule has 0 saturated carbocycles. The van der Waals surface area contributed by atoms with E-state index in [4.69, 9.17) is 12.2 Å². The molecule has 0 amide bonds. The fourth-order valence-electron chi connectivity index (χ4n) is 2.78. The highest BCUT2D eigenvalue weighted by molar-refractivity contribution is 7.89. The molecule has 1 fully saturated rings. The smallest absolute Gasteiger partial charge is 0.246 e. The number of halogens is 2. The quantitative estimate of drug-likeness (QED) is 0.787. The molecule has 9 heteroatoms. The Morgan fingerprint density at radius 3 is 2.30 bits per heavy atom. The minimum absolute atomic E-state index is 0.133. The van der Waals surface area contributed by atoms with Crippen LogP contribution in [0.25, 0.3) is 0 Å². The second kappa shape index (κ2) is 7.87. The first-order valence-corrected chi connectivity index (χ1v) is 10.2. The molecule has 0 bridgehead atoms. The average molecular weight is 411 g/mol. The van der Waals surface area contributed by atoms with E-state index in [-0.39, 0.29) is 13.1 Å². The van der Waals surface area contributed by atoms with Crippen LogP contribution in [0.2, 0.25) is 0 Å². The van der Waals surface area contributed by atoms with Gasteiger partial charge in [0.25, 0.3) is 0 Å². The molecule has 2 aromatic rings. The summed E-state index contributed by atoms with van der Waals surface area (Å²) in [5.41, 5.74) is 1.98. The molecular weight excluding hydrogens is 392 g/mol. The van der Waals surface area contributed by atoms with Gasteiger partial charge in [-0.05, 0) is 49.5 Å². The lowest BCUT2D eigenvalue weighted by atomic mass is 10.2. The Labute approximate surface area is 162 Å². The molecule has 1 saturated heterocycles. The number of nitrogens with zero attached hydrogens (tertiary/aromatic N) is 2. The molecular formula is C18H19F2N3O2S2. The second-order valence-electron chi connectivity index (χ2n) is 6.26. The van der Waals surface area contributed by atoms with E-state index in [2.05, 4.69) is 5.32 Å². The monoisotopic (exact) mass is 411 g/mol. The van der Waals surface area contributed by atoms with Crippen molar-refractivity contribution in [2.75, 3.05) is 31.5 Å². The van der Waals surface area contributed by atoms with Gasteiger partial charge in [-0.15, -0.1) is 0 Å². The lowest BCUT2D eigenvalue weighted by Crippen LogP contribution is -2.51. The SMILES string of the molecule is Cc1ccc(NC(=S)N2CCN(S(=O)(=O)c3cc(F)ccc3F)CC2)cc1. The summed E-state index contributed by atoms with van der Waals surface area (Å²) in [4.78, 5) is 1.21. The summed E-state index contributed by atoms with van der Waals surface area (Å²) in [6, 6.07) is 10.2. The molecule has 144 valence electrons. The summed E-state index contributed by atoms with van der Waals surface area (Å²) in [6.45, 7) is 2.97. The lowest BCUT2D eigenvalue weighted by molar-refractivity contribution is 0.268. The third-order valence-electron chi connectivity index (χ3n) is 4.34. The lowest BCUT2D eigenvalue weighted by Gasteiger charge is -2.35. The van der Waals surface area contributed by atoms with Gasteiger partial charge in [0.1, 0.15) is 16.5 Å². The molecule has 1 aliphatic rings. The molecule has 27 heavy (non-hydrogen) atoms. The van der Waals surface area contributed by atoms with E-state index in [1.165, 1.54) is 0 Å². The van der Waals surface area contributed by atoms with Crippen LogP contribution in [0.1, 0.15) is 5.56 Å². The highest BCUT2D eigenvalue weighted by Gasteiger charge is 2.31. The summed E-state index contributed by atoms with van der Waals surface area (Å²) < 4.78 is 53.6. The van der Waals surface area contributed by atoms with E-state index < -0.39 is 26.6 Å². The van der Waals surface area contributed by atoms with Crippen molar-refractivity contribution in [1.82, 2.24) is 9.21 Å². The molecule has 0 aromatic heterocycles. The van der Waals surface area contributed by atoms with E-state index >= 15 is 0 Å². The van der Waals surface area contributed by atoms with Crippen molar-refractivity contribution in [3.05, 3.63) is 59.7 Å². The number of hydrogen-bond donors (Lipinski definition) is 1.